The third-order valence-corrected chi connectivity index (χ3v) is 6.12. The minimum absolute atomic E-state index is 0.00679. The predicted octanol–water partition coefficient (Wildman–Crippen LogP) is 2.11. The Hall–Kier alpha value is -1.90. The lowest BCUT2D eigenvalue weighted by Gasteiger charge is -2.37. The van der Waals surface area contributed by atoms with Crippen molar-refractivity contribution in [2.45, 2.75) is 51.0 Å². The smallest absolute Gasteiger partial charge is 0.321 e. The van der Waals surface area contributed by atoms with Crippen molar-refractivity contribution in [1.29, 1.82) is 0 Å². The SMILES string of the molecule is C[C@@H]1CN(c2ccc(NC(=O)N3C[C@H](O)[C@@H](N4CCCC4)C3)cc2F)C[C@H](C)O1. The van der Waals surface area contributed by atoms with E-state index in [-0.39, 0.29) is 30.1 Å². The van der Waals surface area contributed by atoms with Gasteiger partial charge in [0.2, 0.25) is 0 Å². The Morgan fingerprint density at radius 2 is 1.83 bits per heavy atom. The number of amides is 2. The summed E-state index contributed by atoms with van der Waals surface area (Å²) in [5.74, 6) is -0.361. The van der Waals surface area contributed by atoms with E-state index in [9.17, 15) is 14.3 Å². The number of hydrogen-bond donors (Lipinski definition) is 2. The molecule has 2 amide bonds. The van der Waals surface area contributed by atoms with Crippen LogP contribution in [0.2, 0.25) is 0 Å². The fourth-order valence-electron chi connectivity index (χ4n) is 4.79. The molecule has 8 heteroatoms. The number of hydrogen-bond acceptors (Lipinski definition) is 5. The van der Waals surface area contributed by atoms with Gasteiger partial charge in [-0.2, -0.15) is 0 Å². The number of aliphatic hydroxyl groups is 1. The number of carbonyl (C=O) groups is 1. The molecular weight excluding hydrogens is 375 g/mol. The van der Waals surface area contributed by atoms with Gasteiger partial charge in [0.25, 0.3) is 0 Å². The number of rotatable bonds is 3. The van der Waals surface area contributed by atoms with Crippen molar-refractivity contribution in [3.63, 3.8) is 0 Å². The quantitative estimate of drug-likeness (QED) is 0.805. The standard InChI is InChI=1S/C21H31FN4O3/c1-14-10-25(11-15(2)29-14)18-6-5-16(9-17(18)22)23-21(28)26-12-19(20(27)13-26)24-7-3-4-8-24/h5-6,9,14-15,19-20,27H,3-4,7-8,10-13H2,1-2H3,(H,23,28)/t14-,15+,19-,20-/m0/s1. The molecule has 4 rings (SSSR count). The second kappa shape index (κ2) is 8.45. The van der Waals surface area contributed by atoms with Crippen molar-refractivity contribution in [2.24, 2.45) is 0 Å². The molecule has 0 saturated carbocycles. The highest BCUT2D eigenvalue weighted by molar-refractivity contribution is 5.89. The number of likely N-dealkylation sites (tertiary alicyclic amines) is 2. The van der Waals surface area contributed by atoms with Crippen LogP contribution in [-0.2, 0) is 4.74 Å². The van der Waals surface area contributed by atoms with E-state index >= 15 is 0 Å². The molecule has 3 fully saturated rings. The van der Waals surface area contributed by atoms with Gasteiger partial charge in [0.05, 0.1) is 36.6 Å². The van der Waals surface area contributed by atoms with Crippen molar-refractivity contribution >= 4 is 17.4 Å². The van der Waals surface area contributed by atoms with E-state index in [0.717, 1.165) is 25.9 Å². The zero-order valence-electron chi connectivity index (χ0n) is 17.2. The van der Waals surface area contributed by atoms with Gasteiger partial charge in [-0.25, -0.2) is 9.18 Å². The summed E-state index contributed by atoms with van der Waals surface area (Å²) in [6.45, 7) is 7.98. The van der Waals surface area contributed by atoms with Crippen LogP contribution in [0.4, 0.5) is 20.6 Å². The van der Waals surface area contributed by atoms with Gasteiger partial charge >= 0.3 is 6.03 Å². The van der Waals surface area contributed by atoms with Crippen LogP contribution < -0.4 is 10.2 Å². The minimum Gasteiger partial charge on any atom is -0.390 e. The van der Waals surface area contributed by atoms with Crippen LogP contribution in [0.15, 0.2) is 18.2 Å². The summed E-state index contributed by atoms with van der Waals surface area (Å²) in [5, 5.41) is 13.1. The molecular formula is C21H31FN4O3. The fourth-order valence-corrected chi connectivity index (χ4v) is 4.79. The number of halogens is 1. The van der Waals surface area contributed by atoms with Crippen LogP contribution in [-0.4, -0.2) is 84.6 Å². The van der Waals surface area contributed by atoms with E-state index < -0.39 is 6.10 Å². The Morgan fingerprint density at radius 3 is 2.48 bits per heavy atom. The molecule has 1 aromatic carbocycles. The second-order valence-corrected chi connectivity index (χ2v) is 8.54. The molecule has 2 N–H and O–H groups in total. The van der Waals surface area contributed by atoms with Gasteiger partial charge in [-0.3, -0.25) is 4.90 Å². The van der Waals surface area contributed by atoms with E-state index in [1.807, 2.05) is 18.7 Å². The molecule has 3 heterocycles. The molecule has 1 aromatic rings. The first-order valence-corrected chi connectivity index (χ1v) is 10.6. The third kappa shape index (κ3) is 4.49. The molecule has 7 nitrogen and oxygen atoms in total. The second-order valence-electron chi connectivity index (χ2n) is 8.54. The van der Waals surface area contributed by atoms with Crippen LogP contribution >= 0.6 is 0 Å². The number of benzene rings is 1. The lowest BCUT2D eigenvalue weighted by atomic mass is 10.2. The summed E-state index contributed by atoms with van der Waals surface area (Å²) in [6.07, 6.45) is 1.83. The fraction of sp³-hybridized carbons (Fsp3) is 0.667. The average molecular weight is 407 g/mol. The number of anilines is 2. The molecule has 0 bridgehead atoms. The molecule has 3 aliphatic heterocycles. The van der Waals surface area contributed by atoms with Crippen LogP contribution in [0.5, 0.6) is 0 Å². The van der Waals surface area contributed by atoms with Gasteiger partial charge in [0.15, 0.2) is 0 Å². The number of aliphatic hydroxyl groups excluding tert-OH is 1. The van der Waals surface area contributed by atoms with Gasteiger partial charge < -0.3 is 25.0 Å². The summed E-state index contributed by atoms with van der Waals surface area (Å²) in [6, 6.07) is 4.49. The van der Waals surface area contributed by atoms with E-state index in [0.29, 0.717) is 37.6 Å². The van der Waals surface area contributed by atoms with Crippen molar-refractivity contribution in [3.8, 4) is 0 Å². The maximum atomic E-state index is 14.8. The largest absolute Gasteiger partial charge is 0.390 e. The number of carbonyl (C=O) groups excluding carboxylic acids is 1. The van der Waals surface area contributed by atoms with Gasteiger partial charge in [-0.05, 0) is 58.0 Å². The average Bonchev–Trinajstić information content (AvgIpc) is 3.30. The predicted molar refractivity (Wildman–Crippen MR) is 110 cm³/mol. The zero-order chi connectivity index (χ0) is 20.5. The Balaban J connectivity index is 1.38. The number of ether oxygens (including phenoxy) is 1. The molecule has 0 aromatic heterocycles. The highest BCUT2D eigenvalue weighted by atomic mass is 19.1. The van der Waals surface area contributed by atoms with Crippen molar-refractivity contribution in [1.82, 2.24) is 9.80 Å². The van der Waals surface area contributed by atoms with Crippen LogP contribution in [0.3, 0.4) is 0 Å². The van der Waals surface area contributed by atoms with E-state index in [1.165, 1.54) is 6.07 Å². The molecule has 29 heavy (non-hydrogen) atoms. The Bertz CT molecular complexity index is 733. The van der Waals surface area contributed by atoms with Gasteiger partial charge in [-0.1, -0.05) is 0 Å². The Morgan fingerprint density at radius 1 is 1.14 bits per heavy atom. The molecule has 0 spiro atoms. The topological polar surface area (TPSA) is 68.3 Å². The summed E-state index contributed by atoms with van der Waals surface area (Å²) in [7, 11) is 0. The maximum Gasteiger partial charge on any atom is 0.321 e. The minimum atomic E-state index is -0.539. The summed E-state index contributed by atoms with van der Waals surface area (Å²) in [4.78, 5) is 18.5. The van der Waals surface area contributed by atoms with Gasteiger partial charge in [0, 0.05) is 25.3 Å². The summed E-state index contributed by atoms with van der Waals surface area (Å²) in [5.41, 5.74) is 0.945. The van der Waals surface area contributed by atoms with Gasteiger partial charge in [-0.15, -0.1) is 0 Å². The number of urea groups is 1. The van der Waals surface area contributed by atoms with E-state index in [4.69, 9.17) is 4.74 Å². The van der Waals surface area contributed by atoms with E-state index in [2.05, 4.69) is 10.2 Å². The monoisotopic (exact) mass is 406 g/mol. The number of nitrogens with one attached hydrogen (secondary N) is 1. The molecule has 0 radical (unpaired) electrons. The lowest BCUT2D eigenvalue weighted by molar-refractivity contribution is -0.00539. The first-order chi connectivity index (χ1) is 13.9. The maximum absolute atomic E-state index is 14.8. The molecule has 0 aliphatic carbocycles. The molecule has 3 saturated heterocycles. The van der Waals surface area contributed by atoms with Gasteiger partial charge in [0.1, 0.15) is 5.82 Å². The highest BCUT2D eigenvalue weighted by Crippen LogP contribution is 2.27. The number of β-amino-alcohol motifs (C(OH)–C–C–N with tert-alkyl or cyclic N) is 1. The highest BCUT2D eigenvalue weighted by Gasteiger charge is 2.38. The summed E-state index contributed by atoms with van der Waals surface area (Å²) >= 11 is 0. The third-order valence-electron chi connectivity index (χ3n) is 6.12. The van der Waals surface area contributed by atoms with Crippen LogP contribution in [0, 0.1) is 5.82 Å². The first-order valence-electron chi connectivity index (χ1n) is 10.6. The van der Waals surface area contributed by atoms with Crippen LogP contribution in [0.1, 0.15) is 26.7 Å². The van der Waals surface area contributed by atoms with Crippen molar-refractivity contribution in [2.75, 3.05) is 49.5 Å². The molecule has 160 valence electrons. The van der Waals surface area contributed by atoms with Crippen molar-refractivity contribution in [3.05, 3.63) is 24.0 Å². The molecule has 3 aliphatic rings. The Kier molecular flexibility index (Phi) is 5.94. The number of morpholine rings is 1. The first kappa shape index (κ1) is 20.4. The van der Waals surface area contributed by atoms with Crippen LogP contribution in [0.25, 0.3) is 0 Å². The normalized spacial score (nSPS) is 30.8. The lowest BCUT2D eigenvalue weighted by Crippen LogP contribution is -2.45. The Labute approximate surface area is 171 Å². The molecule has 0 unspecified atom stereocenters. The summed E-state index contributed by atoms with van der Waals surface area (Å²) < 4.78 is 20.5. The number of nitrogens with zero attached hydrogens (tertiary/aromatic N) is 3. The molecule has 4 atom stereocenters. The van der Waals surface area contributed by atoms with E-state index in [1.54, 1.807) is 17.0 Å². The van der Waals surface area contributed by atoms with Crippen molar-refractivity contribution < 1.29 is 19.0 Å². The zero-order valence-corrected chi connectivity index (χ0v) is 17.2.